The number of hydrogen-bond acceptors (Lipinski definition) is 5. The molecule has 0 spiro atoms. The molecule has 1 amide bonds. The van der Waals surface area contributed by atoms with E-state index in [4.69, 9.17) is 4.74 Å². The van der Waals surface area contributed by atoms with Crippen LogP contribution in [-0.2, 0) is 26.1 Å². The summed E-state index contributed by atoms with van der Waals surface area (Å²) in [7, 11) is -3.54. The lowest BCUT2D eigenvalue weighted by molar-refractivity contribution is -0.115. The molecule has 0 fully saturated rings. The summed E-state index contributed by atoms with van der Waals surface area (Å²) in [6, 6.07) is 7.40. The molecule has 0 aliphatic carbocycles. The highest BCUT2D eigenvalue weighted by Crippen LogP contribution is 2.14. The van der Waals surface area contributed by atoms with E-state index in [0.29, 0.717) is 12.2 Å². The molecule has 0 aliphatic heterocycles. The Morgan fingerprint density at radius 1 is 1.25 bits per heavy atom. The van der Waals surface area contributed by atoms with E-state index >= 15 is 0 Å². The molecule has 0 aromatic heterocycles. The Morgan fingerprint density at radius 3 is 2.62 bits per heavy atom. The first-order valence-corrected chi connectivity index (χ1v) is 9.66. The second-order valence-corrected chi connectivity index (χ2v) is 7.47. The number of carbonyl (C=O) groups is 1. The standard InChI is InChI=1S/C16H27N3O4S/c1-4-17-11-14-7-5-6-8-15(14)19-16(20)12-18-24(21,22)10-9-23-13(2)3/h5-8,13,17-18H,4,9-12H2,1-3H3,(H,19,20). The molecule has 1 aromatic carbocycles. The van der Waals surface area contributed by atoms with Gasteiger partial charge in [-0.2, -0.15) is 0 Å². The summed E-state index contributed by atoms with van der Waals surface area (Å²) in [6.45, 7) is 6.90. The molecule has 1 aromatic rings. The van der Waals surface area contributed by atoms with Crippen LogP contribution in [0.3, 0.4) is 0 Å². The lowest BCUT2D eigenvalue weighted by Crippen LogP contribution is -2.35. The molecule has 0 radical (unpaired) electrons. The quantitative estimate of drug-likeness (QED) is 0.551. The third-order valence-corrected chi connectivity index (χ3v) is 4.40. The Morgan fingerprint density at radius 2 is 1.96 bits per heavy atom. The van der Waals surface area contributed by atoms with Gasteiger partial charge in [0.05, 0.1) is 25.0 Å². The molecule has 0 atom stereocenters. The average molecular weight is 357 g/mol. The van der Waals surface area contributed by atoms with Crippen LogP contribution < -0.4 is 15.4 Å². The fraction of sp³-hybridized carbons (Fsp3) is 0.562. The van der Waals surface area contributed by atoms with Crippen molar-refractivity contribution in [3.63, 3.8) is 0 Å². The van der Waals surface area contributed by atoms with Gasteiger partial charge in [-0.05, 0) is 32.0 Å². The van der Waals surface area contributed by atoms with Gasteiger partial charge in [0.2, 0.25) is 15.9 Å². The zero-order valence-electron chi connectivity index (χ0n) is 14.5. The summed E-state index contributed by atoms with van der Waals surface area (Å²) < 4.78 is 31.1. The number of anilines is 1. The van der Waals surface area contributed by atoms with Gasteiger partial charge in [-0.3, -0.25) is 4.79 Å². The van der Waals surface area contributed by atoms with Crippen molar-refractivity contribution in [1.29, 1.82) is 0 Å². The van der Waals surface area contributed by atoms with Gasteiger partial charge >= 0.3 is 0 Å². The number of ether oxygens (including phenoxy) is 1. The van der Waals surface area contributed by atoms with E-state index in [1.807, 2.05) is 39.0 Å². The topological polar surface area (TPSA) is 96.5 Å². The van der Waals surface area contributed by atoms with Crippen molar-refractivity contribution >= 4 is 21.6 Å². The van der Waals surface area contributed by atoms with Gasteiger partial charge in [-0.15, -0.1) is 0 Å². The van der Waals surface area contributed by atoms with Crippen LogP contribution in [-0.4, -0.2) is 45.9 Å². The first-order chi connectivity index (χ1) is 11.3. The molecule has 0 saturated carbocycles. The number of rotatable bonds is 11. The predicted octanol–water partition coefficient (Wildman–Crippen LogP) is 1.08. The maximum absolute atomic E-state index is 12.0. The molecular formula is C16H27N3O4S. The van der Waals surface area contributed by atoms with Crippen molar-refractivity contribution in [3.05, 3.63) is 29.8 Å². The number of para-hydroxylation sites is 1. The molecular weight excluding hydrogens is 330 g/mol. The van der Waals surface area contributed by atoms with Crippen molar-refractivity contribution < 1.29 is 17.9 Å². The van der Waals surface area contributed by atoms with Crippen LogP contribution >= 0.6 is 0 Å². The second kappa shape index (κ2) is 10.4. The molecule has 24 heavy (non-hydrogen) atoms. The Kier molecular flexibility index (Phi) is 8.91. The Bertz CT molecular complexity index is 618. The van der Waals surface area contributed by atoms with Gasteiger partial charge < -0.3 is 15.4 Å². The Balaban J connectivity index is 2.49. The minimum Gasteiger partial charge on any atom is -0.378 e. The summed E-state index contributed by atoms with van der Waals surface area (Å²) in [5.41, 5.74) is 1.62. The summed E-state index contributed by atoms with van der Waals surface area (Å²) >= 11 is 0. The van der Waals surface area contributed by atoms with Crippen LogP contribution in [0, 0.1) is 0 Å². The van der Waals surface area contributed by atoms with Gasteiger partial charge in [0.15, 0.2) is 0 Å². The summed E-state index contributed by atoms with van der Waals surface area (Å²) in [5.74, 6) is -0.581. The smallest absolute Gasteiger partial charge is 0.239 e. The molecule has 0 saturated heterocycles. The Labute approximate surface area is 144 Å². The van der Waals surface area contributed by atoms with E-state index in [9.17, 15) is 13.2 Å². The molecule has 0 unspecified atom stereocenters. The fourth-order valence-corrected chi connectivity index (χ4v) is 2.70. The van der Waals surface area contributed by atoms with Crippen molar-refractivity contribution in [2.75, 3.05) is 30.8 Å². The highest BCUT2D eigenvalue weighted by atomic mass is 32.2. The minimum atomic E-state index is -3.54. The van der Waals surface area contributed by atoms with Crippen molar-refractivity contribution in [1.82, 2.24) is 10.0 Å². The molecule has 0 bridgehead atoms. The second-order valence-electron chi connectivity index (χ2n) is 5.55. The number of amides is 1. The van der Waals surface area contributed by atoms with E-state index in [1.54, 1.807) is 6.07 Å². The van der Waals surface area contributed by atoms with Gasteiger partial charge in [-0.1, -0.05) is 25.1 Å². The first-order valence-electron chi connectivity index (χ1n) is 8.01. The SMILES string of the molecule is CCNCc1ccccc1NC(=O)CNS(=O)(=O)CCOC(C)C. The highest BCUT2D eigenvalue weighted by molar-refractivity contribution is 7.89. The van der Waals surface area contributed by atoms with Gasteiger partial charge in [0, 0.05) is 12.2 Å². The maximum Gasteiger partial charge on any atom is 0.239 e. The van der Waals surface area contributed by atoms with E-state index < -0.39 is 15.9 Å². The predicted molar refractivity (Wildman–Crippen MR) is 95.3 cm³/mol. The van der Waals surface area contributed by atoms with Gasteiger partial charge in [0.25, 0.3) is 0 Å². The molecule has 3 N–H and O–H groups in total. The summed E-state index contributed by atoms with van der Waals surface area (Å²) in [4.78, 5) is 12.0. The largest absolute Gasteiger partial charge is 0.378 e. The van der Waals surface area contributed by atoms with Crippen LogP contribution in [0.25, 0.3) is 0 Å². The number of nitrogens with one attached hydrogen (secondary N) is 3. The van der Waals surface area contributed by atoms with Crippen molar-refractivity contribution in [3.8, 4) is 0 Å². The molecule has 0 heterocycles. The number of sulfonamides is 1. The normalized spacial score (nSPS) is 11.7. The lowest BCUT2D eigenvalue weighted by Gasteiger charge is -2.12. The average Bonchev–Trinajstić information content (AvgIpc) is 2.52. The van der Waals surface area contributed by atoms with Crippen molar-refractivity contribution in [2.24, 2.45) is 0 Å². The molecule has 8 heteroatoms. The van der Waals surface area contributed by atoms with E-state index in [2.05, 4.69) is 15.4 Å². The van der Waals surface area contributed by atoms with Gasteiger partial charge in [-0.25, -0.2) is 13.1 Å². The van der Waals surface area contributed by atoms with E-state index in [-0.39, 0.29) is 25.0 Å². The zero-order valence-corrected chi connectivity index (χ0v) is 15.3. The van der Waals surface area contributed by atoms with Crippen molar-refractivity contribution in [2.45, 2.75) is 33.4 Å². The molecule has 1 rings (SSSR count). The minimum absolute atomic E-state index is 0.0308. The molecule has 136 valence electrons. The fourth-order valence-electron chi connectivity index (χ4n) is 1.89. The van der Waals surface area contributed by atoms with Crippen LogP contribution in [0.1, 0.15) is 26.3 Å². The molecule has 0 aliphatic rings. The van der Waals surface area contributed by atoms with E-state index in [1.165, 1.54) is 0 Å². The number of carbonyl (C=O) groups excluding carboxylic acids is 1. The highest BCUT2D eigenvalue weighted by Gasteiger charge is 2.13. The van der Waals surface area contributed by atoms with Crippen LogP contribution in [0.15, 0.2) is 24.3 Å². The van der Waals surface area contributed by atoms with Crippen LogP contribution in [0.4, 0.5) is 5.69 Å². The summed E-state index contributed by atoms with van der Waals surface area (Å²) in [6.07, 6.45) is -0.0308. The Hall–Kier alpha value is -1.48. The maximum atomic E-state index is 12.0. The third kappa shape index (κ3) is 8.39. The third-order valence-electron chi connectivity index (χ3n) is 3.11. The first kappa shape index (κ1) is 20.6. The van der Waals surface area contributed by atoms with Crippen LogP contribution in [0.5, 0.6) is 0 Å². The zero-order chi connectivity index (χ0) is 18.0. The van der Waals surface area contributed by atoms with Gasteiger partial charge in [0.1, 0.15) is 0 Å². The number of benzene rings is 1. The monoisotopic (exact) mass is 357 g/mol. The van der Waals surface area contributed by atoms with Crippen LogP contribution in [0.2, 0.25) is 0 Å². The van der Waals surface area contributed by atoms with E-state index in [0.717, 1.165) is 12.1 Å². The molecule has 7 nitrogen and oxygen atoms in total. The lowest BCUT2D eigenvalue weighted by atomic mass is 10.1. The number of hydrogen-bond donors (Lipinski definition) is 3. The summed E-state index contributed by atoms with van der Waals surface area (Å²) in [5, 5.41) is 5.92.